The van der Waals surface area contributed by atoms with Crippen molar-refractivity contribution < 1.29 is 4.92 Å². The molecule has 0 amide bonds. The number of allylic oxidation sites excluding steroid dienone is 1. The highest BCUT2D eigenvalue weighted by Gasteiger charge is 2.15. The number of nitrogens with zero attached hydrogens (tertiary/aromatic N) is 5. The van der Waals surface area contributed by atoms with Crippen molar-refractivity contribution in [2.45, 2.75) is 0 Å². The SMILES string of the molecule is N#C/C(=C/c1cn(-c2ccc([N+](=O)[O-])cc2)nc1-c1ccccc1)c1nc2ccccc2c(=O)[nH]1. The van der Waals surface area contributed by atoms with Gasteiger partial charge in [-0.15, -0.1) is 0 Å². The van der Waals surface area contributed by atoms with Crippen LogP contribution in [0.2, 0.25) is 0 Å². The second kappa shape index (κ2) is 8.88. The summed E-state index contributed by atoms with van der Waals surface area (Å²) in [6.07, 6.45) is 3.34. The van der Waals surface area contributed by atoms with Gasteiger partial charge in [0, 0.05) is 29.5 Å². The van der Waals surface area contributed by atoms with Crippen LogP contribution in [0.25, 0.3) is 39.5 Å². The molecule has 0 spiro atoms. The van der Waals surface area contributed by atoms with E-state index >= 15 is 0 Å². The van der Waals surface area contributed by atoms with Crippen LogP contribution in [0.15, 0.2) is 89.9 Å². The molecule has 0 fully saturated rings. The molecule has 0 radical (unpaired) electrons. The van der Waals surface area contributed by atoms with E-state index in [1.807, 2.05) is 30.3 Å². The van der Waals surface area contributed by atoms with Gasteiger partial charge in [0.25, 0.3) is 11.2 Å². The van der Waals surface area contributed by atoms with E-state index in [0.29, 0.717) is 27.8 Å². The van der Waals surface area contributed by atoms with E-state index in [1.165, 1.54) is 12.1 Å². The fourth-order valence-electron chi connectivity index (χ4n) is 3.70. The molecule has 5 rings (SSSR count). The third kappa shape index (κ3) is 4.19. The first-order valence-corrected chi connectivity index (χ1v) is 10.5. The summed E-state index contributed by atoms with van der Waals surface area (Å²) in [5.74, 6) is 0.151. The fraction of sp³-hybridized carbons (Fsp3) is 0. The lowest BCUT2D eigenvalue weighted by Gasteiger charge is -2.02. The third-order valence-electron chi connectivity index (χ3n) is 5.40. The molecule has 0 unspecified atom stereocenters. The summed E-state index contributed by atoms with van der Waals surface area (Å²) < 4.78 is 1.59. The van der Waals surface area contributed by atoms with Crippen molar-refractivity contribution >= 4 is 28.2 Å². The van der Waals surface area contributed by atoms with Gasteiger partial charge >= 0.3 is 0 Å². The highest BCUT2D eigenvalue weighted by Crippen LogP contribution is 2.27. The Hall–Kier alpha value is -5.36. The highest BCUT2D eigenvalue weighted by molar-refractivity contribution is 5.91. The number of hydrogen-bond donors (Lipinski definition) is 1. The summed E-state index contributed by atoms with van der Waals surface area (Å²) in [5.41, 5.74) is 2.92. The minimum Gasteiger partial charge on any atom is -0.305 e. The number of hydrogen-bond acceptors (Lipinski definition) is 6. The van der Waals surface area contributed by atoms with E-state index in [0.717, 1.165) is 5.56 Å². The first-order valence-electron chi connectivity index (χ1n) is 10.5. The summed E-state index contributed by atoms with van der Waals surface area (Å²) in [4.78, 5) is 30.2. The summed E-state index contributed by atoms with van der Waals surface area (Å²) in [5, 5.41) is 26.0. The average Bonchev–Trinajstić information content (AvgIpc) is 3.31. The zero-order valence-corrected chi connectivity index (χ0v) is 18.1. The van der Waals surface area contributed by atoms with Gasteiger partial charge in [-0.3, -0.25) is 14.9 Å². The minimum absolute atomic E-state index is 0.0255. The van der Waals surface area contributed by atoms with Crippen molar-refractivity contribution in [1.29, 1.82) is 5.26 Å². The molecule has 9 nitrogen and oxygen atoms in total. The molecule has 9 heteroatoms. The molecule has 2 heterocycles. The van der Waals surface area contributed by atoms with E-state index in [2.05, 4.69) is 21.1 Å². The lowest BCUT2D eigenvalue weighted by molar-refractivity contribution is -0.384. The Morgan fingerprint density at radius 3 is 2.46 bits per heavy atom. The van der Waals surface area contributed by atoms with E-state index in [4.69, 9.17) is 0 Å². The molecule has 0 aliphatic heterocycles. The van der Waals surface area contributed by atoms with Crippen LogP contribution in [0.4, 0.5) is 5.69 Å². The van der Waals surface area contributed by atoms with Crippen LogP contribution in [0.1, 0.15) is 11.4 Å². The summed E-state index contributed by atoms with van der Waals surface area (Å²) in [6.45, 7) is 0. The Labute approximate surface area is 198 Å². The number of aromatic amines is 1. The van der Waals surface area contributed by atoms with E-state index in [-0.39, 0.29) is 22.6 Å². The molecule has 3 aromatic carbocycles. The number of rotatable bonds is 5. The minimum atomic E-state index is -0.465. The molecule has 0 saturated carbocycles. The number of fused-ring (bicyclic) bond motifs is 1. The fourth-order valence-corrected chi connectivity index (χ4v) is 3.70. The Morgan fingerprint density at radius 2 is 1.74 bits per heavy atom. The second-order valence-electron chi connectivity index (χ2n) is 7.62. The number of non-ortho nitro benzene ring substituents is 1. The van der Waals surface area contributed by atoms with Crippen molar-refractivity contribution in [1.82, 2.24) is 19.7 Å². The molecule has 0 atom stereocenters. The maximum atomic E-state index is 12.5. The van der Waals surface area contributed by atoms with Gasteiger partial charge in [-0.2, -0.15) is 10.4 Å². The summed E-state index contributed by atoms with van der Waals surface area (Å²) in [7, 11) is 0. The number of nitro benzene ring substituents is 1. The average molecular weight is 460 g/mol. The van der Waals surface area contributed by atoms with Crippen LogP contribution >= 0.6 is 0 Å². The summed E-state index contributed by atoms with van der Waals surface area (Å²) in [6, 6.07) is 24.4. The smallest absolute Gasteiger partial charge is 0.269 e. The molecule has 0 aliphatic rings. The molecular weight excluding hydrogens is 444 g/mol. The molecular formula is C26H16N6O3. The molecule has 0 bridgehead atoms. The first-order chi connectivity index (χ1) is 17.0. The monoisotopic (exact) mass is 460 g/mol. The molecule has 0 aliphatic carbocycles. The number of aromatic nitrogens is 4. The lowest BCUT2D eigenvalue weighted by atomic mass is 10.1. The number of nitrogens with one attached hydrogen (secondary N) is 1. The second-order valence-corrected chi connectivity index (χ2v) is 7.62. The van der Waals surface area contributed by atoms with Crippen LogP contribution in [-0.2, 0) is 0 Å². The predicted molar refractivity (Wildman–Crippen MR) is 132 cm³/mol. The van der Waals surface area contributed by atoms with E-state index in [9.17, 15) is 20.2 Å². The number of H-pyrrole nitrogens is 1. The lowest BCUT2D eigenvalue weighted by Crippen LogP contribution is -2.11. The number of nitriles is 1. The van der Waals surface area contributed by atoms with Crippen molar-refractivity contribution in [3.63, 3.8) is 0 Å². The molecule has 5 aromatic rings. The largest absolute Gasteiger partial charge is 0.305 e. The molecule has 2 aromatic heterocycles. The number of nitro groups is 1. The Bertz CT molecular complexity index is 1690. The van der Waals surface area contributed by atoms with Crippen molar-refractivity contribution in [2.24, 2.45) is 0 Å². The normalized spacial score (nSPS) is 11.3. The topological polar surface area (TPSA) is 130 Å². The van der Waals surface area contributed by atoms with Crippen molar-refractivity contribution in [3.8, 4) is 23.0 Å². The molecule has 168 valence electrons. The van der Waals surface area contributed by atoms with Crippen LogP contribution < -0.4 is 5.56 Å². The van der Waals surface area contributed by atoms with Gasteiger partial charge < -0.3 is 4.98 Å². The molecule has 0 saturated heterocycles. The highest BCUT2D eigenvalue weighted by atomic mass is 16.6. The van der Waals surface area contributed by atoms with Crippen LogP contribution in [0, 0.1) is 21.4 Å². The van der Waals surface area contributed by atoms with Gasteiger partial charge in [0.05, 0.1) is 32.8 Å². The summed E-state index contributed by atoms with van der Waals surface area (Å²) >= 11 is 0. The molecule has 1 N–H and O–H groups in total. The Balaban J connectivity index is 1.65. The zero-order chi connectivity index (χ0) is 24.4. The maximum absolute atomic E-state index is 12.5. The van der Waals surface area contributed by atoms with E-state index in [1.54, 1.807) is 53.4 Å². The van der Waals surface area contributed by atoms with Gasteiger partial charge in [-0.05, 0) is 30.3 Å². The van der Waals surface area contributed by atoms with Crippen LogP contribution in [0.3, 0.4) is 0 Å². The third-order valence-corrected chi connectivity index (χ3v) is 5.40. The van der Waals surface area contributed by atoms with E-state index < -0.39 is 4.92 Å². The quantitative estimate of drug-likeness (QED) is 0.229. The van der Waals surface area contributed by atoms with Gasteiger partial charge in [0.2, 0.25) is 0 Å². The Morgan fingerprint density at radius 1 is 1.03 bits per heavy atom. The van der Waals surface area contributed by atoms with Crippen molar-refractivity contribution in [2.75, 3.05) is 0 Å². The maximum Gasteiger partial charge on any atom is 0.269 e. The van der Waals surface area contributed by atoms with Gasteiger partial charge in [0.1, 0.15) is 6.07 Å². The molecule has 35 heavy (non-hydrogen) atoms. The number of benzene rings is 3. The Kier molecular flexibility index (Phi) is 5.45. The van der Waals surface area contributed by atoms with Gasteiger partial charge in [-0.25, -0.2) is 9.67 Å². The standard InChI is InChI=1S/C26H16N6O3/c27-15-18(25-28-23-9-5-4-8-22(23)26(33)29-25)14-19-16-31(20-10-12-21(13-11-20)32(34)35)30-24(19)17-6-2-1-3-7-17/h1-14,16H,(H,28,29,33)/b18-14-. The van der Waals surface area contributed by atoms with Gasteiger partial charge in [0.15, 0.2) is 5.82 Å². The number of para-hydroxylation sites is 1. The van der Waals surface area contributed by atoms with Crippen molar-refractivity contribution in [3.05, 3.63) is 117 Å². The predicted octanol–water partition coefficient (Wildman–Crippen LogP) is 4.75. The van der Waals surface area contributed by atoms with Crippen LogP contribution in [0.5, 0.6) is 0 Å². The van der Waals surface area contributed by atoms with Gasteiger partial charge in [-0.1, -0.05) is 42.5 Å². The van der Waals surface area contributed by atoms with Crippen LogP contribution in [-0.4, -0.2) is 24.7 Å². The first kappa shape index (κ1) is 21.5. The zero-order valence-electron chi connectivity index (χ0n) is 18.1.